The molecule has 3 heterocycles. The Kier molecular flexibility index (Phi) is 3.87. The Bertz CT molecular complexity index is 847. The third kappa shape index (κ3) is 3.21. The number of aromatic nitrogens is 6. The van der Waals surface area contributed by atoms with E-state index in [1.54, 1.807) is 4.52 Å². The van der Waals surface area contributed by atoms with Gasteiger partial charge in [-0.3, -0.25) is 0 Å². The number of hydrogen-bond donors (Lipinski definition) is 0. The molecule has 0 amide bonds. The highest BCUT2D eigenvalue weighted by atomic mass is 32.2. The van der Waals surface area contributed by atoms with Crippen LogP contribution in [0.1, 0.15) is 56.0 Å². The van der Waals surface area contributed by atoms with Crippen LogP contribution in [0.3, 0.4) is 0 Å². The molecule has 122 valence electrons. The van der Waals surface area contributed by atoms with Gasteiger partial charge in [0.05, 0.1) is 5.25 Å². The molecule has 0 aliphatic heterocycles. The van der Waals surface area contributed by atoms with Crippen LogP contribution in [0.5, 0.6) is 0 Å². The predicted octanol–water partition coefficient (Wildman–Crippen LogP) is 3.27. The van der Waals surface area contributed by atoms with Crippen LogP contribution < -0.4 is 0 Å². The average molecular weight is 332 g/mol. The number of fused-ring (bicyclic) bond motifs is 1. The minimum absolute atomic E-state index is 0.0302. The zero-order valence-corrected chi connectivity index (χ0v) is 15.0. The minimum atomic E-state index is -0.133. The van der Waals surface area contributed by atoms with Gasteiger partial charge in [0.2, 0.25) is 11.0 Å². The number of rotatable bonds is 3. The molecule has 0 aliphatic rings. The molecule has 7 nitrogen and oxygen atoms in total. The molecule has 23 heavy (non-hydrogen) atoms. The lowest BCUT2D eigenvalue weighted by Crippen LogP contribution is -2.13. The maximum Gasteiger partial charge on any atom is 0.253 e. The molecule has 3 aromatic rings. The molecule has 0 radical (unpaired) electrons. The summed E-state index contributed by atoms with van der Waals surface area (Å²) >= 11 is 1.48. The molecule has 0 aliphatic carbocycles. The zero-order chi connectivity index (χ0) is 16.8. The van der Waals surface area contributed by atoms with Crippen LogP contribution in [0.25, 0.3) is 5.78 Å². The topological polar surface area (TPSA) is 82.0 Å². The van der Waals surface area contributed by atoms with Crippen LogP contribution in [0.15, 0.2) is 15.7 Å². The summed E-state index contributed by atoms with van der Waals surface area (Å²) < 4.78 is 7.13. The second kappa shape index (κ2) is 5.59. The Morgan fingerprint density at radius 3 is 2.57 bits per heavy atom. The molecular formula is C15H20N6OS. The Hall–Kier alpha value is -1.96. The molecule has 0 bridgehead atoms. The fourth-order valence-electron chi connectivity index (χ4n) is 2.11. The predicted molar refractivity (Wildman–Crippen MR) is 87.5 cm³/mol. The number of thioether (sulfide) groups is 1. The standard InChI is InChI=1S/C15H20N6OS/c1-8-7-9(2)21-13(16-8)18-14(19-21)23-10(3)11-17-12(20-22-11)15(4,5)6/h7,10H,1-6H3. The van der Waals surface area contributed by atoms with Crippen molar-refractivity contribution >= 4 is 17.5 Å². The Labute approximate surface area is 138 Å². The van der Waals surface area contributed by atoms with Crippen molar-refractivity contribution in [3.63, 3.8) is 0 Å². The normalized spacial score (nSPS) is 13.7. The smallest absolute Gasteiger partial charge is 0.253 e. The van der Waals surface area contributed by atoms with E-state index < -0.39 is 0 Å². The Morgan fingerprint density at radius 1 is 1.17 bits per heavy atom. The summed E-state index contributed by atoms with van der Waals surface area (Å²) in [5.41, 5.74) is 1.80. The largest absolute Gasteiger partial charge is 0.338 e. The van der Waals surface area contributed by atoms with Crippen molar-refractivity contribution < 1.29 is 4.52 Å². The van der Waals surface area contributed by atoms with Gasteiger partial charge in [-0.1, -0.05) is 37.7 Å². The van der Waals surface area contributed by atoms with Gasteiger partial charge in [-0.15, -0.1) is 5.10 Å². The van der Waals surface area contributed by atoms with Gasteiger partial charge < -0.3 is 4.52 Å². The van der Waals surface area contributed by atoms with Crippen molar-refractivity contribution in [2.24, 2.45) is 0 Å². The van der Waals surface area contributed by atoms with E-state index in [2.05, 4.69) is 46.0 Å². The average Bonchev–Trinajstić information content (AvgIpc) is 3.04. The summed E-state index contributed by atoms with van der Waals surface area (Å²) in [4.78, 5) is 13.4. The van der Waals surface area contributed by atoms with Crippen LogP contribution >= 0.6 is 11.8 Å². The first-order valence-corrected chi connectivity index (χ1v) is 8.34. The molecule has 1 unspecified atom stereocenters. The SMILES string of the molecule is Cc1cc(C)n2nc(SC(C)c3nc(C(C)(C)C)no3)nc2n1. The van der Waals surface area contributed by atoms with E-state index in [4.69, 9.17) is 4.52 Å². The van der Waals surface area contributed by atoms with E-state index >= 15 is 0 Å². The number of hydrogen-bond acceptors (Lipinski definition) is 7. The highest BCUT2D eigenvalue weighted by Gasteiger charge is 2.24. The molecule has 0 saturated carbocycles. The number of aryl methyl sites for hydroxylation is 2. The lowest BCUT2D eigenvalue weighted by Gasteiger charge is -2.11. The summed E-state index contributed by atoms with van der Waals surface area (Å²) in [6.45, 7) is 12.1. The van der Waals surface area contributed by atoms with Crippen LogP contribution in [-0.2, 0) is 5.41 Å². The van der Waals surface area contributed by atoms with Crippen molar-refractivity contribution in [2.75, 3.05) is 0 Å². The highest BCUT2D eigenvalue weighted by molar-refractivity contribution is 7.99. The first-order chi connectivity index (χ1) is 10.7. The van der Waals surface area contributed by atoms with E-state index in [0.717, 1.165) is 11.4 Å². The molecule has 3 rings (SSSR count). The van der Waals surface area contributed by atoms with Gasteiger partial charge in [0, 0.05) is 16.8 Å². The molecule has 0 spiro atoms. The molecule has 0 aromatic carbocycles. The molecule has 8 heteroatoms. The van der Waals surface area contributed by atoms with Crippen LogP contribution in [0.2, 0.25) is 0 Å². The van der Waals surface area contributed by atoms with Crippen molar-refractivity contribution in [2.45, 2.75) is 57.4 Å². The lowest BCUT2D eigenvalue weighted by atomic mass is 9.96. The molecule has 0 saturated heterocycles. The van der Waals surface area contributed by atoms with Crippen LogP contribution in [-0.4, -0.2) is 29.7 Å². The maximum atomic E-state index is 5.38. The Balaban J connectivity index is 1.84. The molecule has 3 aromatic heterocycles. The second-order valence-corrected chi connectivity index (χ2v) is 7.92. The second-order valence-electron chi connectivity index (χ2n) is 6.61. The molecule has 1 atom stereocenters. The van der Waals surface area contributed by atoms with E-state index in [0.29, 0.717) is 22.6 Å². The van der Waals surface area contributed by atoms with Gasteiger partial charge in [0.25, 0.3) is 5.78 Å². The minimum Gasteiger partial charge on any atom is -0.338 e. The van der Waals surface area contributed by atoms with Crippen molar-refractivity contribution in [3.05, 3.63) is 29.2 Å². The van der Waals surface area contributed by atoms with Gasteiger partial charge in [-0.25, -0.2) is 9.50 Å². The van der Waals surface area contributed by atoms with Gasteiger partial charge in [0.15, 0.2) is 5.82 Å². The zero-order valence-electron chi connectivity index (χ0n) is 14.2. The fourth-order valence-corrected chi connectivity index (χ4v) is 2.89. The third-order valence-corrected chi connectivity index (χ3v) is 4.28. The summed E-state index contributed by atoms with van der Waals surface area (Å²) in [5.74, 6) is 1.90. The van der Waals surface area contributed by atoms with Crippen LogP contribution in [0.4, 0.5) is 0 Å². The van der Waals surface area contributed by atoms with E-state index in [1.807, 2.05) is 26.8 Å². The summed E-state index contributed by atoms with van der Waals surface area (Å²) in [6, 6.07) is 1.98. The van der Waals surface area contributed by atoms with Gasteiger partial charge in [-0.05, 0) is 26.8 Å². The van der Waals surface area contributed by atoms with E-state index in [9.17, 15) is 0 Å². The van der Waals surface area contributed by atoms with E-state index in [-0.39, 0.29) is 10.7 Å². The first-order valence-electron chi connectivity index (χ1n) is 7.46. The van der Waals surface area contributed by atoms with Gasteiger partial charge in [-0.2, -0.15) is 9.97 Å². The third-order valence-electron chi connectivity index (χ3n) is 3.34. The van der Waals surface area contributed by atoms with E-state index in [1.165, 1.54) is 11.8 Å². The highest BCUT2D eigenvalue weighted by Crippen LogP contribution is 2.33. The summed E-state index contributed by atoms with van der Waals surface area (Å²) in [6.07, 6.45) is 0. The first kappa shape index (κ1) is 15.9. The summed E-state index contributed by atoms with van der Waals surface area (Å²) in [5, 5.41) is 9.17. The number of nitrogens with zero attached hydrogens (tertiary/aromatic N) is 6. The van der Waals surface area contributed by atoms with Gasteiger partial charge in [0.1, 0.15) is 0 Å². The Morgan fingerprint density at radius 2 is 1.91 bits per heavy atom. The quantitative estimate of drug-likeness (QED) is 0.681. The summed E-state index contributed by atoms with van der Waals surface area (Å²) in [7, 11) is 0. The van der Waals surface area contributed by atoms with Crippen molar-refractivity contribution in [1.29, 1.82) is 0 Å². The fraction of sp³-hybridized carbons (Fsp3) is 0.533. The monoisotopic (exact) mass is 332 g/mol. The molecule has 0 N–H and O–H groups in total. The van der Waals surface area contributed by atoms with Crippen molar-refractivity contribution in [3.8, 4) is 0 Å². The lowest BCUT2D eigenvalue weighted by molar-refractivity contribution is 0.364. The molecule has 0 fully saturated rings. The maximum absolute atomic E-state index is 5.38. The molecular weight excluding hydrogens is 312 g/mol. The van der Waals surface area contributed by atoms with Gasteiger partial charge >= 0.3 is 0 Å². The van der Waals surface area contributed by atoms with Crippen molar-refractivity contribution in [1.82, 2.24) is 29.7 Å². The van der Waals surface area contributed by atoms with Crippen LogP contribution in [0, 0.1) is 13.8 Å².